The number of alkyl carbamates (subject to hydrolysis) is 1. The standard InChI is InChI=1S/C44H53FN6O8.ClH/c1-9-44(56)33-19-36-38-31(22-50(36)40(53)32(33)24-58-41(44)54)30(29-18-37(57-8)34(45)20-35(29)48-38)21-49-16-14-28(15-17-49)51(6,7)23-26-10-12-27(13-11-26)47-39(52)25(2)46-42(55)59-43(3,4)5;/h10-13,18-20,25,28,56H,9,14-17,21-24H2,1-8H3,(H-,46,47,52,55);1H/t25-,44-;/m0./s1. The van der Waals surface area contributed by atoms with Crippen LogP contribution < -0.4 is 33.3 Å². The third-order valence-electron chi connectivity index (χ3n) is 11.9. The van der Waals surface area contributed by atoms with Gasteiger partial charge in [-0.3, -0.25) is 14.5 Å². The zero-order valence-corrected chi connectivity index (χ0v) is 36.2. The van der Waals surface area contributed by atoms with Crippen molar-refractivity contribution in [2.75, 3.05) is 39.6 Å². The summed E-state index contributed by atoms with van der Waals surface area (Å²) < 4.78 is 33.4. The first-order valence-electron chi connectivity index (χ1n) is 20.1. The Morgan fingerprint density at radius 1 is 1.10 bits per heavy atom. The summed E-state index contributed by atoms with van der Waals surface area (Å²) >= 11 is 0. The second-order valence-electron chi connectivity index (χ2n) is 17.5. The normalized spacial score (nSPS) is 18.4. The van der Waals surface area contributed by atoms with E-state index < -0.39 is 35.1 Å². The molecule has 3 N–H and O–H groups in total. The fourth-order valence-corrected chi connectivity index (χ4v) is 8.59. The van der Waals surface area contributed by atoms with Gasteiger partial charge in [0.15, 0.2) is 17.2 Å². The molecule has 0 bridgehead atoms. The first-order chi connectivity index (χ1) is 27.8. The Morgan fingerprint density at radius 3 is 2.42 bits per heavy atom. The number of halogens is 2. The molecule has 1 fully saturated rings. The maximum absolute atomic E-state index is 15.2. The van der Waals surface area contributed by atoms with E-state index >= 15 is 4.39 Å². The predicted octanol–water partition coefficient (Wildman–Crippen LogP) is 2.32. The van der Waals surface area contributed by atoms with Crippen molar-refractivity contribution in [2.45, 2.75) is 103 Å². The molecule has 1 saturated heterocycles. The molecule has 2 aromatic heterocycles. The number of aliphatic hydroxyl groups is 1. The fourth-order valence-electron chi connectivity index (χ4n) is 8.59. The van der Waals surface area contributed by atoms with E-state index in [2.05, 4.69) is 29.6 Å². The summed E-state index contributed by atoms with van der Waals surface area (Å²) in [4.78, 5) is 58.8. The van der Waals surface area contributed by atoms with Crippen LogP contribution >= 0.6 is 0 Å². The van der Waals surface area contributed by atoms with E-state index in [1.54, 1.807) is 51.3 Å². The van der Waals surface area contributed by atoms with Crippen molar-refractivity contribution in [3.63, 3.8) is 0 Å². The number of hydrogen-bond acceptors (Lipinski definition) is 10. The second-order valence-corrected chi connectivity index (χ2v) is 17.5. The number of fused-ring (bicyclic) bond motifs is 5. The smallest absolute Gasteiger partial charge is 0.408 e. The number of esters is 1. The number of carbonyl (C=O) groups is 3. The number of carbonyl (C=O) groups excluding carboxylic acids is 3. The van der Waals surface area contributed by atoms with Crippen molar-refractivity contribution in [2.24, 2.45) is 0 Å². The monoisotopic (exact) mass is 848 g/mol. The molecule has 60 heavy (non-hydrogen) atoms. The van der Waals surface area contributed by atoms with Gasteiger partial charge >= 0.3 is 12.1 Å². The SMILES string of the molecule is CC[C@@]1(O)C(=O)OCc2c1cc1n(c2=O)Cc2c-1nc1cc(F)c(OC)cc1c2CN1CCC([N+](C)(C)Cc2ccc(NC(=O)[C@H](C)NC(=O)OC(C)(C)C)cc2)CC1.[Cl-]. The van der Waals surface area contributed by atoms with Gasteiger partial charge in [0.25, 0.3) is 5.56 Å². The van der Waals surface area contributed by atoms with Crippen LogP contribution in [0.25, 0.3) is 22.3 Å². The minimum Gasteiger partial charge on any atom is -1.00 e. The van der Waals surface area contributed by atoms with E-state index in [4.69, 9.17) is 19.2 Å². The van der Waals surface area contributed by atoms with Gasteiger partial charge in [-0.2, -0.15) is 0 Å². The molecule has 0 spiro atoms. The summed E-state index contributed by atoms with van der Waals surface area (Å²) in [6.07, 6.45) is 1.25. The lowest BCUT2D eigenvalue weighted by Gasteiger charge is -2.43. The van der Waals surface area contributed by atoms with Crippen LogP contribution in [0.5, 0.6) is 5.75 Å². The van der Waals surface area contributed by atoms with Crippen molar-refractivity contribution in [3.8, 4) is 17.1 Å². The number of likely N-dealkylation sites (tertiary alicyclic amines) is 1. The van der Waals surface area contributed by atoms with Crippen LogP contribution in [0.1, 0.15) is 81.7 Å². The van der Waals surface area contributed by atoms with Gasteiger partial charge in [-0.05, 0) is 63.9 Å². The topological polar surface area (TPSA) is 161 Å². The predicted molar refractivity (Wildman–Crippen MR) is 219 cm³/mol. The number of aromatic nitrogens is 2. The molecule has 7 rings (SSSR count). The number of anilines is 1. The molecule has 4 aromatic rings. The van der Waals surface area contributed by atoms with Gasteiger partial charge in [0, 0.05) is 66.3 Å². The Bertz CT molecular complexity index is 2390. The van der Waals surface area contributed by atoms with E-state index in [9.17, 15) is 24.3 Å². The molecule has 2 aromatic carbocycles. The van der Waals surface area contributed by atoms with Gasteiger partial charge in [0.1, 0.15) is 24.8 Å². The van der Waals surface area contributed by atoms with Gasteiger partial charge in [-0.25, -0.2) is 19.0 Å². The minimum absolute atomic E-state index is 0. The lowest BCUT2D eigenvalue weighted by molar-refractivity contribution is -0.929. The number of cyclic esters (lactones) is 1. The van der Waals surface area contributed by atoms with Crippen LogP contribution in [0.4, 0.5) is 14.9 Å². The molecule has 2 atom stereocenters. The van der Waals surface area contributed by atoms with Gasteiger partial charge in [-0.15, -0.1) is 0 Å². The molecule has 3 aliphatic heterocycles. The first kappa shape index (κ1) is 44.5. The summed E-state index contributed by atoms with van der Waals surface area (Å²) in [6, 6.07) is 12.1. The van der Waals surface area contributed by atoms with Gasteiger partial charge < -0.3 is 51.4 Å². The van der Waals surface area contributed by atoms with E-state index in [0.29, 0.717) is 35.2 Å². The maximum Gasteiger partial charge on any atom is 0.408 e. The number of nitrogens with one attached hydrogen (secondary N) is 2. The number of pyridine rings is 2. The van der Waals surface area contributed by atoms with E-state index in [1.807, 2.05) is 24.3 Å². The molecular formula is C44H54ClFN6O8. The number of rotatable bonds is 10. The van der Waals surface area contributed by atoms with Crippen molar-refractivity contribution >= 4 is 34.6 Å². The van der Waals surface area contributed by atoms with Crippen molar-refractivity contribution in [1.29, 1.82) is 0 Å². The number of methoxy groups -OCH3 is 1. The molecule has 3 aliphatic rings. The molecule has 14 nitrogen and oxygen atoms in total. The Hall–Kier alpha value is -5.09. The van der Waals surface area contributed by atoms with E-state index in [-0.39, 0.29) is 60.3 Å². The summed E-state index contributed by atoms with van der Waals surface area (Å²) in [7, 11) is 5.89. The molecule has 322 valence electrons. The highest BCUT2D eigenvalue weighted by atomic mass is 35.5. The Morgan fingerprint density at radius 2 is 1.78 bits per heavy atom. The molecule has 16 heteroatoms. The third kappa shape index (κ3) is 8.58. The number of nitrogens with zero attached hydrogens (tertiary/aromatic N) is 4. The van der Waals surface area contributed by atoms with Crippen molar-refractivity contribution < 1.29 is 55.0 Å². The van der Waals surface area contributed by atoms with Crippen LogP contribution in [0.2, 0.25) is 0 Å². The fraction of sp³-hybridized carbons (Fsp3) is 0.477. The second kappa shape index (κ2) is 16.8. The van der Waals surface area contributed by atoms with Gasteiger partial charge in [0.05, 0.1) is 56.3 Å². The third-order valence-corrected chi connectivity index (χ3v) is 11.9. The molecule has 0 radical (unpaired) electrons. The summed E-state index contributed by atoms with van der Waals surface area (Å²) in [6.45, 7) is 11.5. The Balaban J connectivity index is 0.00000604. The summed E-state index contributed by atoms with van der Waals surface area (Å²) in [5, 5.41) is 17.5. The zero-order valence-electron chi connectivity index (χ0n) is 35.4. The quantitative estimate of drug-likeness (QED) is 0.141. The highest BCUT2D eigenvalue weighted by Gasteiger charge is 2.45. The average molecular weight is 849 g/mol. The van der Waals surface area contributed by atoms with Gasteiger partial charge in [-0.1, -0.05) is 19.1 Å². The number of hydrogen-bond donors (Lipinski definition) is 3. The number of ether oxygens (including phenoxy) is 3. The van der Waals surface area contributed by atoms with Crippen molar-refractivity contribution in [3.05, 3.63) is 86.5 Å². The molecular weight excluding hydrogens is 795 g/mol. The van der Waals surface area contributed by atoms with E-state index in [1.165, 1.54) is 13.2 Å². The molecule has 5 heterocycles. The Kier molecular flexibility index (Phi) is 12.4. The highest BCUT2D eigenvalue weighted by Crippen LogP contribution is 2.42. The first-order valence-corrected chi connectivity index (χ1v) is 20.1. The number of quaternary nitrogens is 1. The van der Waals surface area contributed by atoms with Crippen molar-refractivity contribution in [1.82, 2.24) is 19.8 Å². The molecule has 0 saturated carbocycles. The lowest BCUT2D eigenvalue weighted by atomic mass is 9.86. The number of piperidine rings is 1. The van der Waals surface area contributed by atoms with Crippen LogP contribution in [-0.2, 0) is 50.9 Å². The Labute approximate surface area is 355 Å². The van der Waals surface area contributed by atoms with Crippen LogP contribution in [0, 0.1) is 5.82 Å². The number of amides is 2. The molecule has 0 aliphatic carbocycles. The molecule has 2 amide bonds. The van der Waals surface area contributed by atoms with Gasteiger partial charge in [0.2, 0.25) is 5.91 Å². The average Bonchev–Trinajstić information content (AvgIpc) is 3.54. The minimum atomic E-state index is -1.95. The van der Waals surface area contributed by atoms with Crippen LogP contribution in [0.3, 0.4) is 0 Å². The van der Waals surface area contributed by atoms with Crippen LogP contribution in [0.15, 0.2) is 47.3 Å². The number of benzene rings is 2. The largest absolute Gasteiger partial charge is 1.00 e. The van der Waals surface area contributed by atoms with E-state index in [0.717, 1.165) is 59.0 Å². The summed E-state index contributed by atoms with van der Waals surface area (Å²) in [5.41, 5.74) is 2.45. The summed E-state index contributed by atoms with van der Waals surface area (Å²) in [5.74, 6) is -1.59. The maximum atomic E-state index is 15.2. The zero-order chi connectivity index (χ0) is 42.6. The molecule has 0 unspecified atom stereocenters. The lowest BCUT2D eigenvalue weighted by Crippen LogP contribution is -3.00. The van der Waals surface area contributed by atoms with Crippen LogP contribution in [-0.4, -0.2) is 94.0 Å². The highest BCUT2D eigenvalue weighted by molar-refractivity contribution is 5.96.